The van der Waals surface area contributed by atoms with Crippen LogP contribution in [0.5, 0.6) is 0 Å². The Bertz CT molecular complexity index is 1390. The van der Waals surface area contributed by atoms with E-state index in [1.807, 2.05) is 12.2 Å². The topological polar surface area (TPSA) is 192 Å². The van der Waals surface area contributed by atoms with Crippen LogP contribution in [0.1, 0.15) is 142 Å². The van der Waals surface area contributed by atoms with Gasteiger partial charge in [-0.15, -0.1) is 0 Å². The maximum atomic E-state index is 12.8. The molecule has 0 aromatic rings. The highest BCUT2D eigenvalue weighted by atomic mass is 31.2. The summed E-state index contributed by atoms with van der Waals surface area (Å²) < 4.78 is 34.1. The molecule has 0 aromatic carbocycles. The Morgan fingerprint density at radius 3 is 1.37 bits per heavy atom. The number of phosphoric ester groups is 1. The maximum absolute atomic E-state index is 12.8. The van der Waals surface area contributed by atoms with Gasteiger partial charge in [-0.2, -0.15) is 0 Å². The lowest BCUT2D eigenvalue weighted by molar-refractivity contribution is -0.220. The fourth-order valence-corrected chi connectivity index (χ4v) is 7.32. The van der Waals surface area contributed by atoms with Gasteiger partial charge in [0, 0.05) is 13.0 Å². The second kappa shape index (κ2) is 38.7. The Labute approximate surface area is 373 Å². The molecule has 0 spiro atoms. The number of esters is 1. The Morgan fingerprint density at radius 2 is 0.903 bits per heavy atom. The van der Waals surface area contributed by atoms with Gasteiger partial charge in [-0.3, -0.25) is 13.8 Å². The van der Waals surface area contributed by atoms with Gasteiger partial charge in [0.2, 0.25) is 0 Å². The summed E-state index contributed by atoms with van der Waals surface area (Å²) in [5.74, 6) is -0.541. The van der Waals surface area contributed by atoms with Crippen molar-refractivity contribution in [1.29, 1.82) is 0 Å². The van der Waals surface area contributed by atoms with Gasteiger partial charge in [-0.25, -0.2) is 4.57 Å². The molecule has 1 aliphatic rings. The summed E-state index contributed by atoms with van der Waals surface area (Å²) in [6, 6.07) is 0. The van der Waals surface area contributed by atoms with E-state index in [-0.39, 0.29) is 13.0 Å². The monoisotopic (exact) mass is 893 g/mol. The van der Waals surface area contributed by atoms with E-state index in [1.165, 1.54) is 25.7 Å². The van der Waals surface area contributed by atoms with Crippen molar-refractivity contribution < 1.29 is 58.3 Å². The molecule has 0 amide bonds. The summed E-state index contributed by atoms with van der Waals surface area (Å²) in [4.78, 5) is 23.1. The molecule has 354 valence electrons. The Hall–Kier alpha value is -2.74. The van der Waals surface area contributed by atoms with Gasteiger partial charge in [-0.05, 0) is 83.5 Å². The lowest BCUT2D eigenvalue weighted by Gasteiger charge is -2.41. The molecule has 12 nitrogen and oxygen atoms in total. The lowest BCUT2D eigenvalue weighted by atomic mass is 9.85. The number of hydrogen-bond acceptors (Lipinski definition) is 11. The second-order valence-corrected chi connectivity index (χ2v) is 16.9. The average molecular weight is 893 g/mol. The van der Waals surface area contributed by atoms with Gasteiger partial charge in [0.1, 0.15) is 42.7 Å². The number of aliphatic hydroxyl groups excluding tert-OH is 5. The predicted octanol–water partition coefficient (Wildman–Crippen LogP) is 9.53. The van der Waals surface area contributed by atoms with Gasteiger partial charge in [0.25, 0.3) is 0 Å². The van der Waals surface area contributed by atoms with Gasteiger partial charge in [0.05, 0.1) is 13.2 Å². The fourth-order valence-electron chi connectivity index (χ4n) is 6.35. The number of carbonyl (C=O) groups excluding carboxylic acids is 1. The van der Waals surface area contributed by atoms with Crippen LogP contribution in [0.2, 0.25) is 0 Å². The average Bonchev–Trinajstić information content (AvgIpc) is 3.26. The van der Waals surface area contributed by atoms with Crippen LogP contribution in [0.25, 0.3) is 0 Å². The Morgan fingerprint density at radius 1 is 0.516 bits per heavy atom. The molecule has 0 saturated heterocycles. The first-order valence-corrected chi connectivity index (χ1v) is 24.6. The summed E-state index contributed by atoms with van der Waals surface area (Å²) in [6.45, 7) is 3.93. The molecule has 0 radical (unpaired) electrons. The largest absolute Gasteiger partial charge is 0.472 e. The smallest absolute Gasteiger partial charge is 0.457 e. The molecule has 1 fully saturated rings. The zero-order valence-corrected chi connectivity index (χ0v) is 38.5. The van der Waals surface area contributed by atoms with Crippen molar-refractivity contribution in [3.63, 3.8) is 0 Å². The van der Waals surface area contributed by atoms with Crippen LogP contribution >= 0.6 is 7.82 Å². The van der Waals surface area contributed by atoms with Crippen molar-refractivity contribution in [3.05, 3.63) is 97.2 Å². The molecule has 6 N–H and O–H groups in total. The van der Waals surface area contributed by atoms with E-state index in [0.29, 0.717) is 19.4 Å². The fraction of sp³-hybridized carbons (Fsp3) is 0.653. The number of rotatable bonds is 37. The third kappa shape index (κ3) is 30.4. The summed E-state index contributed by atoms with van der Waals surface area (Å²) in [5, 5.41) is 50.2. The molecule has 1 aliphatic carbocycles. The van der Waals surface area contributed by atoms with Crippen LogP contribution in [0.4, 0.5) is 0 Å². The summed E-state index contributed by atoms with van der Waals surface area (Å²) in [5.41, 5.74) is 0. The quantitative estimate of drug-likeness (QED) is 0.0150. The van der Waals surface area contributed by atoms with Crippen LogP contribution in [0.3, 0.4) is 0 Å². The number of aliphatic hydroxyl groups is 5. The van der Waals surface area contributed by atoms with Gasteiger partial charge >= 0.3 is 13.8 Å². The number of carbonyl (C=O) groups is 1. The number of unbranched alkanes of at least 4 members (excludes halogenated alkanes) is 9. The van der Waals surface area contributed by atoms with Crippen molar-refractivity contribution in [2.45, 2.75) is 185 Å². The summed E-state index contributed by atoms with van der Waals surface area (Å²) in [6.07, 6.45) is 40.5. The molecule has 6 atom stereocenters. The molecule has 0 bridgehead atoms. The third-order valence-corrected chi connectivity index (χ3v) is 10.9. The normalized spacial score (nSPS) is 22.9. The van der Waals surface area contributed by atoms with Gasteiger partial charge < -0.3 is 39.9 Å². The first-order valence-electron chi connectivity index (χ1n) is 23.1. The van der Waals surface area contributed by atoms with E-state index in [4.69, 9.17) is 18.5 Å². The van der Waals surface area contributed by atoms with Crippen LogP contribution in [0, 0.1) is 0 Å². The molecule has 13 heteroatoms. The lowest BCUT2D eigenvalue weighted by Crippen LogP contribution is -2.64. The van der Waals surface area contributed by atoms with E-state index >= 15 is 0 Å². The van der Waals surface area contributed by atoms with Crippen molar-refractivity contribution in [2.24, 2.45) is 0 Å². The SMILES string of the molecule is CC/C=C\C/C=C\C/C=C\C/C=C\C/C=C\CCCC(=O)OC(COCCCCCCCCCC/C=C\C/C=C\C/C=C\CC)COP(=O)(O)OC1C(O)C(O)C(O)C(O)C1O. The minimum atomic E-state index is -5.04. The van der Waals surface area contributed by atoms with Crippen LogP contribution in [0.15, 0.2) is 97.2 Å². The molecular formula is C49H81O12P. The van der Waals surface area contributed by atoms with Gasteiger partial charge in [-0.1, -0.05) is 150 Å². The molecule has 1 saturated carbocycles. The first-order chi connectivity index (χ1) is 30.0. The summed E-state index contributed by atoms with van der Waals surface area (Å²) >= 11 is 0. The van der Waals surface area contributed by atoms with Crippen molar-refractivity contribution in [2.75, 3.05) is 19.8 Å². The molecule has 0 aliphatic heterocycles. The Balaban J connectivity index is 2.45. The predicted molar refractivity (Wildman–Crippen MR) is 248 cm³/mol. The van der Waals surface area contributed by atoms with Crippen LogP contribution < -0.4 is 0 Å². The molecule has 1 rings (SSSR count). The van der Waals surface area contributed by atoms with E-state index in [0.717, 1.165) is 83.5 Å². The number of allylic oxidation sites excluding steroid dienone is 16. The van der Waals surface area contributed by atoms with Crippen molar-refractivity contribution >= 4 is 13.8 Å². The molecule has 62 heavy (non-hydrogen) atoms. The van der Waals surface area contributed by atoms with E-state index < -0.39 is 63.1 Å². The minimum Gasteiger partial charge on any atom is -0.457 e. The standard InChI is InChI=1S/C49H81O12P/c1-3-5-7-9-11-13-15-17-19-21-23-25-27-29-31-33-35-37-39-58-40-42(41-59-62(56,57)61-49-47(54)45(52)44(51)46(53)48(49)55)60-43(50)38-36-34-32-30-28-26-24-22-20-18-16-14-12-10-8-6-4-2/h5-8,11-14,17-20,24,26,30,32,42,44-49,51-55H,3-4,9-10,15-16,21-23,25,27-29,31,33-41H2,1-2H3,(H,56,57)/b7-5-,8-6-,13-11-,14-12-,19-17-,20-18-,26-24-,32-30-. The number of ether oxygens (including phenoxy) is 2. The molecule has 0 heterocycles. The van der Waals surface area contributed by atoms with Gasteiger partial charge in [0.15, 0.2) is 0 Å². The van der Waals surface area contributed by atoms with Crippen molar-refractivity contribution in [1.82, 2.24) is 0 Å². The zero-order chi connectivity index (χ0) is 45.5. The number of phosphoric acid groups is 1. The highest BCUT2D eigenvalue weighted by Crippen LogP contribution is 2.47. The first kappa shape index (κ1) is 57.3. The van der Waals surface area contributed by atoms with E-state index in [9.17, 15) is 39.8 Å². The third-order valence-electron chi connectivity index (χ3n) is 9.95. The van der Waals surface area contributed by atoms with E-state index in [2.05, 4.69) is 98.9 Å². The Kier molecular flexibility index (Phi) is 35.7. The van der Waals surface area contributed by atoms with Crippen molar-refractivity contribution in [3.8, 4) is 0 Å². The van der Waals surface area contributed by atoms with Crippen LogP contribution in [-0.4, -0.2) is 98.9 Å². The maximum Gasteiger partial charge on any atom is 0.472 e. The number of hydrogen-bond donors (Lipinski definition) is 6. The molecular weight excluding hydrogens is 812 g/mol. The molecule has 6 unspecified atom stereocenters. The minimum absolute atomic E-state index is 0.0996. The van der Waals surface area contributed by atoms with E-state index in [1.54, 1.807) is 0 Å². The molecule has 0 aromatic heterocycles. The van der Waals surface area contributed by atoms with Crippen LogP contribution in [-0.2, 0) is 27.9 Å². The summed E-state index contributed by atoms with van der Waals surface area (Å²) in [7, 11) is -5.04. The zero-order valence-electron chi connectivity index (χ0n) is 37.6. The highest BCUT2D eigenvalue weighted by Gasteiger charge is 2.51. The second-order valence-electron chi connectivity index (χ2n) is 15.5. The highest BCUT2D eigenvalue weighted by molar-refractivity contribution is 7.47.